The number of nitrogens with one attached hydrogen (secondary N) is 1. The van der Waals surface area contributed by atoms with Gasteiger partial charge >= 0.3 is 0 Å². The Morgan fingerprint density at radius 2 is 2.12 bits per heavy atom. The number of benzene rings is 1. The summed E-state index contributed by atoms with van der Waals surface area (Å²) in [5, 5.41) is 3.01. The molecular weight excluding hydrogens is 402 g/mol. The molecule has 1 aromatic heterocycles. The van der Waals surface area contributed by atoms with E-state index in [9.17, 15) is 4.79 Å². The van der Waals surface area contributed by atoms with Gasteiger partial charge in [0.25, 0.3) is 0 Å². The van der Waals surface area contributed by atoms with E-state index in [1.165, 1.54) is 4.90 Å². The van der Waals surface area contributed by atoms with Gasteiger partial charge in [0.05, 0.1) is 35.5 Å². The maximum atomic E-state index is 12.7. The second kappa shape index (κ2) is 7.35. The smallest absolute Gasteiger partial charge is 0.232 e. The molecule has 4 rings (SSSR count). The van der Waals surface area contributed by atoms with Crippen molar-refractivity contribution in [2.24, 2.45) is 0 Å². The third-order valence-electron chi connectivity index (χ3n) is 4.42. The minimum Gasteiger partial charge on any atom is -0.378 e. The van der Waals surface area contributed by atoms with Gasteiger partial charge in [0.2, 0.25) is 5.91 Å². The quantitative estimate of drug-likeness (QED) is 0.824. The summed E-state index contributed by atoms with van der Waals surface area (Å²) in [5.41, 5.74) is 1.82. The van der Waals surface area contributed by atoms with Gasteiger partial charge in [0.1, 0.15) is 5.82 Å². The molecule has 1 aromatic carbocycles. The van der Waals surface area contributed by atoms with E-state index in [0.29, 0.717) is 18.9 Å². The average Bonchev–Trinajstić information content (AvgIpc) is 3.07. The van der Waals surface area contributed by atoms with Gasteiger partial charge in [-0.3, -0.25) is 4.79 Å². The highest BCUT2D eigenvalue weighted by Gasteiger charge is 2.29. The number of hydrogen-bond donors (Lipinski definition) is 1. The van der Waals surface area contributed by atoms with Gasteiger partial charge in [0, 0.05) is 23.7 Å². The van der Waals surface area contributed by atoms with Gasteiger partial charge in [-0.15, -0.1) is 11.8 Å². The van der Waals surface area contributed by atoms with E-state index in [2.05, 4.69) is 37.2 Å². The molecule has 130 valence electrons. The molecule has 2 aromatic rings. The van der Waals surface area contributed by atoms with Gasteiger partial charge < -0.3 is 15.0 Å². The molecule has 1 fully saturated rings. The number of aromatic nitrogens is 1. The number of rotatable bonds is 3. The Balaban J connectivity index is 1.48. The lowest BCUT2D eigenvalue weighted by molar-refractivity contribution is -0.117. The second-order valence-electron chi connectivity index (χ2n) is 6.02. The van der Waals surface area contributed by atoms with Gasteiger partial charge in [0.15, 0.2) is 0 Å². The molecule has 2 aliphatic heterocycles. The number of morpholine rings is 1. The molecule has 0 saturated carbocycles. The van der Waals surface area contributed by atoms with Crippen LogP contribution in [0.2, 0.25) is 0 Å². The van der Waals surface area contributed by atoms with Crippen molar-refractivity contribution in [1.29, 1.82) is 0 Å². The van der Waals surface area contributed by atoms with Crippen molar-refractivity contribution in [1.82, 2.24) is 4.98 Å². The molecule has 0 aliphatic carbocycles. The maximum Gasteiger partial charge on any atom is 0.232 e. The van der Waals surface area contributed by atoms with Crippen LogP contribution in [0.25, 0.3) is 0 Å². The predicted molar refractivity (Wildman–Crippen MR) is 104 cm³/mol. The topological polar surface area (TPSA) is 54.5 Å². The van der Waals surface area contributed by atoms with Crippen LogP contribution in [0.15, 0.2) is 45.9 Å². The van der Waals surface area contributed by atoms with Crippen LogP contribution in [0.3, 0.4) is 0 Å². The van der Waals surface area contributed by atoms with Crippen LogP contribution >= 0.6 is 27.7 Å². The Bertz CT molecular complexity index is 796. The number of ether oxygens (including phenoxy) is 1. The Morgan fingerprint density at radius 3 is 2.92 bits per heavy atom. The Kier molecular flexibility index (Phi) is 4.96. The number of carbonyl (C=O) groups is 1. The zero-order valence-corrected chi connectivity index (χ0v) is 16.0. The Morgan fingerprint density at radius 1 is 1.32 bits per heavy atom. The number of anilines is 2. The molecule has 2 aliphatic rings. The van der Waals surface area contributed by atoms with E-state index < -0.39 is 0 Å². The summed E-state index contributed by atoms with van der Waals surface area (Å²) in [5.74, 6) is 1.58. The van der Waals surface area contributed by atoms with Crippen LogP contribution in [0.1, 0.15) is 11.5 Å². The minimum absolute atomic E-state index is 0.0188. The monoisotopic (exact) mass is 419 g/mol. The molecular formula is C18H18BrN3O2S. The summed E-state index contributed by atoms with van der Waals surface area (Å²) in [7, 11) is 0. The number of pyridine rings is 1. The fourth-order valence-electron chi connectivity index (χ4n) is 3.12. The van der Waals surface area contributed by atoms with E-state index in [-0.39, 0.29) is 11.8 Å². The molecule has 1 N–H and O–H groups in total. The molecule has 1 amide bonds. The summed E-state index contributed by atoms with van der Waals surface area (Å²) in [4.78, 5) is 20.6. The van der Waals surface area contributed by atoms with Crippen LogP contribution in [0.4, 0.5) is 11.5 Å². The average molecular weight is 420 g/mol. The highest BCUT2D eigenvalue weighted by atomic mass is 79.9. The largest absolute Gasteiger partial charge is 0.378 e. The van der Waals surface area contributed by atoms with Gasteiger partial charge in [-0.1, -0.05) is 18.2 Å². The van der Waals surface area contributed by atoms with Crippen LogP contribution in [-0.4, -0.2) is 42.9 Å². The van der Waals surface area contributed by atoms with Crippen molar-refractivity contribution < 1.29 is 9.53 Å². The molecule has 0 radical (unpaired) electrons. The minimum atomic E-state index is -0.112. The highest BCUT2D eigenvalue weighted by Crippen LogP contribution is 2.40. The number of halogens is 1. The number of thioether (sulfide) groups is 1. The number of nitrogens with zero attached hydrogens (tertiary/aromatic N) is 2. The summed E-state index contributed by atoms with van der Waals surface area (Å²) >= 11 is 5.32. The lowest BCUT2D eigenvalue weighted by Crippen LogP contribution is -2.37. The number of fused-ring (bicyclic) bond motifs is 1. The summed E-state index contributed by atoms with van der Waals surface area (Å²) in [6.07, 6.45) is 1.72. The van der Waals surface area contributed by atoms with Crippen molar-refractivity contribution in [2.45, 2.75) is 10.8 Å². The molecule has 0 unspecified atom stereocenters. The first-order chi connectivity index (χ1) is 12.2. The van der Waals surface area contributed by atoms with Crippen molar-refractivity contribution in [2.75, 3.05) is 42.3 Å². The zero-order valence-electron chi connectivity index (χ0n) is 13.6. The molecule has 3 heterocycles. The van der Waals surface area contributed by atoms with Crippen molar-refractivity contribution >= 4 is 45.1 Å². The number of hydrogen-bond acceptors (Lipinski definition) is 5. The molecule has 1 saturated heterocycles. The summed E-state index contributed by atoms with van der Waals surface area (Å²) in [6, 6.07) is 10.0. The first kappa shape index (κ1) is 16.9. The zero-order chi connectivity index (χ0) is 17.2. The van der Waals surface area contributed by atoms with Gasteiger partial charge in [-0.2, -0.15) is 0 Å². The van der Waals surface area contributed by atoms with E-state index in [4.69, 9.17) is 4.74 Å². The Hall–Kier alpha value is -1.57. The van der Waals surface area contributed by atoms with Crippen LogP contribution in [-0.2, 0) is 9.53 Å². The van der Waals surface area contributed by atoms with E-state index >= 15 is 0 Å². The summed E-state index contributed by atoms with van der Waals surface area (Å²) in [6.45, 7) is 3.08. The SMILES string of the molecule is O=C(Nc1cnc(N2CCOCC2)c(Br)c1)[C@H]1CSc2ccccc21. The second-order valence-corrected chi connectivity index (χ2v) is 7.94. The van der Waals surface area contributed by atoms with Crippen LogP contribution in [0.5, 0.6) is 0 Å². The van der Waals surface area contributed by atoms with Crippen LogP contribution in [0, 0.1) is 0 Å². The lowest BCUT2D eigenvalue weighted by Gasteiger charge is -2.28. The normalized spacial score (nSPS) is 19.6. The first-order valence-corrected chi connectivity index (χ1v) is 10.0. The summed E-state index contributed by atoms with van der Waals surface area (Å²) < 4.78 is 6.26. The predicted octanol–water partition coefficient (Wildman–Crippen LogP) is 3.51. The molecule has 1 atom stereocenters. The fraction of sp³-hybridized carbons (Fsp3) is 0.333. The van der Waals surface area contributed by atoms with Crippen molar-refractivity contribution in [3.63, 3.8) is 0 Å². The third-order valence-corrected chi connectivity index (χ3v) is 6.18. The van der Waals surface area contributed by atoms with Crippen molar-refractivity contribution in [3.8, 4) is 0 Å². The molecule has 0 bridgehead atoms. The Labute approximate surface area is 159 Å². The number of carbonyl (C=O) groups excluding carboxylic acids is 1. The molecule has 25 heavy (non-hydrogen) atoms. The first-order valence-electron chi connectivity index (χ1n) is 8.23. The van der Waals surface area contributed by atoms with Gasteiger partial charge in [-0.05, 0) is 33.6 Å². The lowest BCUT2D eigenvalue weighted by atomic mass is 10.0. The maximum absolute atomic E-state index is 12.7. The highest BCUT2D eigenvalue weighted by molar-refractivity contribution is 9.10. The van der Waals surface area contributed by atoms with Crippen LogP contribution < -0.4 is 10.2 Å². The standard InChI is InChI=1S/C18H18BrN3O2S/c19-15-9-12(10-20-17(15)22-5-7-24-8-6-22)21-18(23)14-11-25-16-4-2-1-3-13(14)16/h1-4,9-10,14H,5-8,11H2,(H,21,23)/t14-/m0/s1. The third kappa shape index (κ3) is 3.54. The van der Waals surface area contributed by atoms with E-state index in [1.807, 2.05) is 24.3 Å². The van der Waals surface area contributed by atoms with Crippen molar-refractivity contribution in [3.05, 3.63) is 46.6 Å². The fourth-order valence-corrected chi connectivity index (χ4v) is 4.94. The van der Waals surface area contributed by atoms with Gasteiger partial charge in [-0.25, -0.2) is 4.98 Å². The van der Waals surface area contributed by atoms with E-state index in [1.54, 1.807) is 18.0 Å². The molecule has 5 nitrogen and oxygen atoms in total. The number of amides is 1. The van der Waals surface area contributed by atoms with E-state index in [0.717, 1.165) is 34.7 Å². The molecule has 7 heteroatoms. The molecule has 0 spiro atoms.